The molecule has 1 heterocycles. The molecule has 1 fully saturated rings. The van der Waals surface area contributed by atoms with Crippen LogP contribution in [0.5, 0.6) is 0 Å². The number of carbonyl (C=O) groups excluding carboxylic acids is 1. The molecule has 30 heavy (non-hydrogen) atoms. The number of rotatable bonds is 10. The van der Waals surface area contributed by atoms with Crippen LogP contribution in [0.25, 0.3) is 11.3 Å². The van der Waals surface area contributed by atoms with Crippen LogP contribution in [-0.4, -0.2) is 38.1 Å². The standard InChI is InChI=1S/C23H29N3O2.C2H6/c1-3-13-24-14-6-8-19(2)21-10-4-5-11-22(21)23(12-15-27)26-18-25-20-9-7-16-28-17-20;1-2/h3-5,10-15,18,20H,2,6-9,16-17H2,1H3,(H,25,26);1-2H3/b13-3-,23-12-,24-14?;. The van der Waals surface area contributed by atoms with Crippen molar-refractivity contribution < 1.29 is 9.53 Å². The molecule has 0 amide bonds. The van der Waals surface area contributed by atoms with E-state index in [9.17, 15) is 4.79 Å². The van der Waals surface area contributed by atoms with Gasteiger partial charge in [-0.3, -0.25) is 14.8 Å². The van der Waals surface area contributed by atoms with Crippen LogP contribution < -0.4 is 5.32 Å². The monoisotopic (exact) mass is 409 g/mol. The number of aldehydes is 1. The summed E-state index contributed by atoms with van der Waals surface area (Å²) >= 11 is 0. The van der Waals surface area contributed by atoms with Crippen molar-refractivity contribution in [1.29, 1.82) is 0 Å². The van der Waals surface area contributed by atoms with Gasteiger partial charge in [0, 0.05) is 30.7 Å². The van der Waals surface area contributed by atoms with Gasteiger partial charge in [0.15, 0.2) is 0 Å². The minimum absolute atomic E-state index is 0.167. The van der Waals surface area contributed by atoms with E-state index in [0.29, 0.717) is 12.3 Å². The van der Waals surface area contributed by atoms with E-state index >= 15 is 0 Å². The first-order chi connectivity index (χ1) is 14.8. The van der Waals surface area contributed by atoms with Crippen molar-refractivity contribution in [3.8, 4) is 0 Å². The second-order valence-corrected chi connectivity index (χ2v) is 6.51. The van der Waals surface area contributed by atoms with Crippen LogP contribution in [0, 0.1) is 0 Å². The Bertz CT molecular complexity index is 757. The highest BCUT2D eigenvalue weighted by Gasteiger charge is 2.12. The van der Waals surface area contributed by atoms with Crippen molar-refractivity contribution in [3.05, 3.63) is 60.3 Å². The average Bonchev–Trinajstić information content (AvgIpc) is 2.80. The lowest BCUT2D eigenvalue weighted by Gasteiger charge is -2.18. The minimum atomic E-state index is 0.167. The third kappa shape index (κ3) is 9.14. The van der Waals surface area contributed by atoms with E-state index in [4.69, 9.17) is 4.74 Å². The molecule has 5 nitrogen and oxygen atoms in total. The molecule has 0 bridgehead atoms. The molecule has 0 saturated carbocycles. The number of ether oxygens (including phenoxy) is 1. The third-order valence-electron chi connectivity index (χ3n) is 4.39. The number of carbonyl (C=O) groups is 1. The Hall–Kier alpha value is -2.79. The van der Waals surface area contributed by atoms with Crippen LogP contribution in [-0.2, 0) is 9.53 Å². The van der Waals surface area contributed by atoms with Gasteiger partial charge in [-0.15, -0.1) is 0 Å². The van der Waals surface area contributed by atoms with Crippen LogP contribution in [0.2, 0.25) is 0 Å². The normalized spacial score (nSPS) is 17.2. The predicted molar refractivity (Wildman–Crippen MR) is 129 cm³/mol. The van der Waals surface area contributed by atoms with Gasteiger partial charge in [-0.05, 0) is 43.7 Å². The van der Waals surface area contributed by atoms with E-state index in [2.05, 4.69) is 21.9 Å². The highest BCUT2D eigenvalue weighted by Crippen LogP contribution is 2.25. The maximum atomic E-state index is 11.2. The molecule has 1 unspecified atom stereocenters. The Morgan fingerprint density at radius 3 is 2.73 bits per heavy atom. The van der Waals surface area contributed by atoms with E-state index in [-0.39, 0.29) is 6.04 Å². The molecule has 0 spiro atoms. The van der Waals surface area contributed by atoms with Gasteiger partial charge in [0.25, 0.3) is 0 Å². The second kappa shape index (κ2) is 16.1. The summed E-state index contributed by atoms with van der Waals surface area (Å²) in [5, 5.41) is 3.17. The summed E-state index contributed by atoms with van der Waals surface area (Å²) in [6.07, 6.45) is 13.1. The summed E-state index contributed by atoms with van der Waals surface area (Å²) in [6, 6.07) is 8.10. The van der Waals surface area contributed by atoms with Crippen LogP contribution in [0.3, 0.4) is 0 Å². The highest BCUT2D eigenvalue weighted by atomic mass is 16.5. The second-order valence-electron chi connectivity index (χ2n) is 6.51. The first-order valence-corrected chi connectivity index (χ1v) is 10.7. The quantitative estimate of drug-likeness (QED) is 0.242. The highest BCUT2D eigenvalue weighted by molar-refractivity contribution is 5.89. The Morgan fingerprint density at radius 2 is 2.07 bits per heavy atom. The lowest BCUT2D eigenvalue weighted by Crippen LogP contribution is -2.22. The summed E-state index contributed by atoms with van der Waals surface area (Å²) in [6.45, 7) is 11.6. The molecule has 162 valence electrons. The zero-order valence-corrected chi connectivity index (χ0v) is 18.5. The molecule has 1 aromatic rings. The lowest BCUT2D eigenvalue weighted by atomic mass is 9.95. The summed E-state index contributed by atoms with van der Waals surface area (Å²) in [7, 11) is 0. The first-order valence-electron chi connectivity index (χ1n) is 10.7. The molecule has 0 aromatic heterocycles. The molecular formula is C25H35N3O2. The molecule has 1 atom stereocenters. The molecule has 2 rings (SSSR count). The van der Waals surface area contributed by atoms with Gasteiger partial charge in [0.1, 0.15) is 6.29 Å². The third-order valence-corrected chi connectivity index (χ3v) is 4.39. The number of nitrogens with zero attached hydrogens (tertiary/aromatic N) is 2. The van der Waals surface area contributed by atoms with Crippen LogP contribution in [0.1, 0.15) is 57.6 Å². The number of nitrogens with one attached hydrogen (secondary N) is 1. The van der Waals surface area contributed by atoms with Crippen LogP contribution in [0.15, 0.2) is 59.2 Å². The summed E-state index contributed by atoms with van der Waals surface area (Å²) in [4.78, 5) is 19.9. The van der Waals surface area contributed by atoms with Crippen molar-refractivity contribution in [2.45, 2.75) is 52.5 Å². The number of aliphatic imine (C=N–C) groups is 2. The molecular weight excluding hydrogens is 374 g/mol. The van der Waals surface area contributed by atoms with E-state index in [1.165, 1.54) is 6.08 Å². The smallest absolute Gasteiger partial charge is 0.144 e. The summed E-state index contributed by atoms with van der Waals surface area (Å²) in [5.41, 5.74) is 3.64. The molecule has 0 aliphatic carbocycles. The average molecular weight is 410 g/mol. The van der Waals surface area contributed by atoms with Gasteiger partial charge in [0.05, 0.1) is 24.7 Å². The topological polar surface area (TPSA) is 63.0 Å². The number of hydrogen-bond donors (Lipinski definition) is 1. The molecule has 1 saturated heterocycles. The lowest BCUT2D eigenvalue weighted by molar-refractivity contribution is -0.104. The fourth-order valence-corrected chi connectivity index (χ4v) is 2.96. The SMILES string of the molecule is C=C(CCC=N/C=C\C)c1ccccc1/C(=C/C=O)NC=NC1CCCOC1.CC. The van der Waals surface area contributed by atoms with Gasteiger partial charge in [0.2, 0.25) is 0 Å². The van der Waals surface area contributed by atoms with E-state index in [0.717, 1.165) is 55.3 Å². The van der Waals surface area contributed by atoms with E-state index in [1.54, 1.807) is 12.5 Å². The Balaban J connectivity index is 0.00000218. The molecule has 1 aliphatic rings. The van der Waals surface area contributed by atoms with Gasteiger partial charge < -0.3 is 10.1 Å². The Kier molecular flexibility index (Phi) is 13.5. The number of benzene rings is 1. The fraction of sp³-hybridized carbons (Fsp3) is 0.400. The largest absolute Gasteiger partial charge is 0.379 e. The summed E-state index contributed by atoms with van der Waals surface area (Å²) < 4.78 is 5.45. The maximum Gasteiger partial charge on any atom is 0.144 e. The number of allylic oxidation sites excluding steroid dienone is 3. The van der Waals surface area contributed by atoms with Crippen LogP contribution >= 0.6 is 0 Å². The maximum absolute atomic E-state index is 11.2. The predicted octanol–water partition coefficient (Wildman–Crippen LogP) is 5.45. The minimum Gasteiger partial charge on any atom is -0.379 e. The molecule has 1 aromatic carbocycles. The molecule has 5 heteroatoms. The zero-order valence-electron chi connectivity index (χ0n) is 18.5. The van der Waals surface area contributed by atoms with Crippen molar-refractivity contribution in [3.63, 3.8) is 0 Å². The molecule has 1 N–H and O–H groups in total. The fourth-order valence-electron chi connectivity index (χ4n) is 2.96. The Labute approximate surface area is 181 Å². The van der Waals surface area contributed by atoms with Gasteiger partial charge >= 0.3 is 0 Å². The molecule has 0 radical (unpaired) electrons. The summed E-state index contributed by atoms with van der Waals surface area (Å²) in [5.74, 6) is 0. The van der Waals surface area contributed by atoms with Crippen molar-refractivity contribution in [1.82, 2.24) is 5.32 Å². The first kappa shape index (κ1) is 25.2. The van der Waals surface area contributed by atoms with Crippen molar-refractivity contribution in [2.75, 3.05) is 13.2 Å². The van der Waals surface area contributed by atoms with Gasteiger partial charge in [-0.25, -0.2) is 0 Å². The number of hydrogen-bond acceptors (Lipinski definition) is 4. The van der Waals surface area contributed by atoms with Crippen molar-refractivity contribution >= 4 is 30.1 Å². The van der Waals surface area contributed by atoms with Gasteiger partial charge in [-0.1, -0.05) is 50.8 Å². The van der Waals surface area contributed by atoms with Crippen molar-refractivity contribution in [2.24, 2.45) is 9.98 Å². The molecule has 1 aliphatic heterocycles. The van der Waals surface area contributed by atoms with E-state index < -0.39 is 0 Å². The van der Waals surface area contributed by atoms with Gasteiger partial charge in [-0.2, -0.15) is 0 Å². The zero-order chi connectivity index (χ0) is 22.0. The Morgan fingerprint density at radius 1 is 1.30 bits per heavy atom. The van der Waals surface area contributed by atoms with Crippen LogP contribution in [0.4, 0.5) is 0 Å². The van der Waals surface area contributed by atoms with E-state index in [1.807, 2.05) is 57.3 Å².